The minimum atomic E-state index is -0.158. The zero-order valence-corrected chi connectivity index (χ0v) is 10.8. The third-order valence-corrected chi connectivity index (χ3v) is 2.80. The van der Waals surface area contributed by atoms with Crippen LogP contribution >= 0.6 is 0 Å². The van der Waals surface area contributed by atoms with Gasteiger partial charge in [-0.25, -0.2) is 4.98 Å². The molecule has 4 nitrogen and oxygen atoms in total. The Morgan fingerprint density at radius 1 is 1.28 bits per heavy atom. The van der Waals surface area contributed by atoms with Gasteiger partial charge >= 0.3 is 0 Å². The number of ether oxygens (including phenoxy) is 1. The molecule has 0 aliphatic carbocycles. The van der Waals surface area contributed by atoms with Crippen LogP contribution in [0.3, 0.4) is 0 Å². The van der Waals surface area contributed by atoms with Gasteiger partial charge in [0.2, 0.25) is 0 Å². The highest BCUT2D eigenvalue weighted by Crippen LogP contribution is 2.23. The molecule has 0 amide bonds. The first-order valence-electron chi connectivity index (χ1n) is 5.77. The zero-order chi connectivity index (χ0) is 13.1. The molecule has 2 rings (SSSR count). The molecule has 1 aromatic heterocycles. The number of H-pyrrole nitrogens is 1. The molecule has 0 aliphatic heterocycles. The molecule has 1 N–H and O–H groups in total. The Hall–Kier alpha value is -1.94. The van der Waals surface area contributed by atoms with Crippen molar-refractivity contribution >= 4 is 0 Å². The standard InChI is InChI=1S/C14H16N2O2/c1-9-5-4-6-10(2)13(9)14-15-11(8-18-3)7-12(17)16-14/h4-7H,8H2,1-3H3,(H,15,16,17). The molecular formula is C14H16N2O2. The fourth-order valence-electron chi connectivity index (χ4n) is 2.04. The van der Waals surface area contributed by atoms with Gasteiger partial charge in [0.15, 0.2) is 0 Å². The molecule has 0 radical (unpaired) electrons. The molecule has 0 aliphatic rings. The summed E-state index contributed by atoms with van der Waals surface area (Å²) < 4.78 is 5.02. The summed E-state index contributed by atoms with van der Waals surface area (Å²) in [5.41, 5.74) is 3.64. The summed E-state index contributed by atoms with van der Waals surface area (Å²) >= 11 is 0. The molecule has 18 heavy (non-hydrogen) atoms. The van der Waals surface area contributed by atoms with E-state index in [9.17, 15) is 4.79 Å². The number of aromatic amines is 1. The lowest BCUT2D eigenvalue weighted by atomic mass is 10.0. The number of nitrogens with zero attached hydrogens (tertiary/aromatic N) is 1. The van der Waals surface area contributed by atoms with Crippen LogP contribution in [0.2, 0.25) is 0 Å². The summed E-state index contributed by atoms with van der Waals surface area (Å²) in [4.78, 5) is 18.8. The van der Waals surface area contributed by atoms with Gasteiger partial charge in [-0.15, -0.1) is 0 Å². The van der Waals surface area contributed by atoms with Gasteiger partial charge in [0, 0.05) is 18.7 Å². The van der Waals surface area contributed by atoms with E-state index in [1.807, 2.05) is 32.0 Å². The summed E-state index contributed by atoms with van der Waals surface area (Å²) in [5.74, 6) is 0.602. The van der Waals surface area contributed by atoms with Crippen molar-refractivity contribution in [2.24, 2.45) is 0 Å². The fraction of sp³-hybridized carbons (Fsp3) is 0.286. The number of hydrogen-bond donors (Lipinski definition) is 1. The molecule has 1 heterocycles. The van der Waals surface area contributed by atoms with E-state index in [2.05, 4.69) is 9.97 Å². The predicted octanol–water partition coefficient (Wildman–Crippen LogP) is 2.20. The normalized spacial score (nSPS) is 10.6. The third-order valence-electron chi connectivity index (χ3n) is 2.80. The Kier molecular flexibility index (Phi) is 3.58. The van der Waals surface area contributed by atoms with Crippen molar-refractivity contribution in [3.05, 3.63) is 51.4 Å². The minimum absolute atomic E-state index is 0.158. The first kappa shape index (κ1) is 12.5. The number of aryl methyl sites for hydroxylation is 2. The lowest BCUT2D eigenvalue weighted by Gasteiger charge is -2.09. The molecule has 1 aromatic carbocycles. The van der Waals surface area contributed by atoms with Gasteiger partial charge in [-0.1, -0.05) is 18.2 Å². The fourth-order valence-corrected chi connectivity index (χ4v) is 2.04. The zero-order valence-electron chi connectivity index (χ0n) is 10.8. The average Bonchev–Trinajstić information content (AvgIpc) is 2.28. The second-order valence-electron chi connectivity index (χ2n) is 4.29. The lowest BCUT2D eigenvalue weighted by Crippen LogP contribution is -2.11. The molecule has 0 unspecified atom stereocenters. The first-order chi connectivity index (χ1) is 8.61. The van der Waals surface area contributed by atoms with Gasteiger partial charge in [0.25, 0.3) is 5.56 Å². The van der Waals surface area contributed by atoms with Crippen LogP contribution in [0.25, 0.3) is 11.4 Å². The second kappa shape index (κ2) is 5.14. The molecule has 0 bridgehead atoms. The van der Waals surface area contributed by atoms with Crippen molar-refractivity contribution in [2.45, 2.75) is 20.5 Å². The van der Waals surface area contributed by atoms with Gasteiger partial charge in [-0.3, -0.25) is 4.79 Å². The summed E-state index contributed by atoms with van der Waals surface area (Å²) in [6.07, 6.45) is 0. The van der Waals surface area contributed by atoms with Crippen LogP contribution in [0.5, 0.6) is 0 Å². The largest absolute Gasteiger partial charge is 0.378 e. The van der Waals surface area contributed by atoms with E-state index in [-0.39, 0.29) is 5.56 Å². The third kappa shape index (κ3) is 2.49. The van der Waals surface area contributed by atoms with E-state index < -0.39 is 0 Å². The highest BCUT2D eigenvalue weighted by molar-refractivity contribution is 5.64. The van der Waals surface area contributed by atoms with Crippen molar-refractivity contribution < 1.29 is 4.74 Å². The molecule has 0 fully saturated rings. The van der Waals surface area contributed by atoms with Crippen molar-refractivity contribution in [1.82, 2.24) is 9.97 Å². The Bertz CT molecular complexity index is 597. The highest BCUT2D eigenvalue weighted by atomic mass is 16.5. The van der Waals surface area contributed by atoms with E-state index in [0.29, 0.717) is 18.1 Å². The van der Waals surface area contributed by atoms with Gasteiger partial charge < -0.3 is 9.72 Å². The number of rotatable bonds is 3. The van der Waals surface area contributed by atoms with Crippen molar-refractivity contribution in [3.63, 3.8) is 0 Å². The summed E-state index contributed by atoms with van der Waals surface area (Å²) in [6.45, 7) is 4.35. The molecule has 0 saturated heterocycles. The molecular weight excluding hydrogens is 228 g/mol. The van der Waals surface area contributed by atoms with Crippen LogP contribution in [0.1, 0.15) is 16.8 Å². The summed E-state index contributed by atoms with van der Waals surface area (Å²) in [7, 11) is 1.58. The SMILES string of the molecule is COCc1cc(=O)[nH]c(-c2c(C)cccc2C)n1. The summed E-state index contributed by atoms with van der Waals surface area (Å²) in [5, 5.41) is 0. The molecule has 0 saturated carbocycles. The van der Waals surface area contributed by atoms with Crippen molar-refractivity contribution in [1.29, 1.82) is 0 Å². The van der Waals surface area contributed by atoms with E-state index in [1.54, 1.807) is 7.11 Å². The van der Waals surface area contributed by atoms with Crippen LogP contribution in [0, 0.1) is 13.8 Å². The maximum Gasteiger partial charge on any atom is 0.251 e. The van der Waals surface area contributed by atoms with Crippen LogP contribution in [-0.2, 0) is 11.3 Å². The second-order valence-corrected chi connectivity index (χ2v) is 4.29. The number of methoxy groups -OCH3 is 1. The maximum absolute atomic E-state index is 11.6. The highest BCUT2D eigenvalue weighted by Gasteiger charge is 2.09. The minimum Gasteiger partial charge on any atom is -0.378 e. The monoisotopic (exact) mass is 244 g/mol. The first-order valence-corrected chi connectivity index (χ1v) is 5.77. The summed E-state index contributed by atoms with van der Waals surface area (Å²) in [6, 6.07) is 7.46. The average molecular weight is 244 g/mol. The molecule has 0 atom stereocenters. The van der Waals surface area contributed by atoms with Crippen LogP contribution in [0.4, 0.5) is 0 Å². The number of hydrogen-bond acceptors (Lipinski definition) is 3. The van der Waals surface area contributed by atoms with Gasteiger partial charge in [-0.2, -0.15) is 0 Å². The number of benzene rings is 1. The van der Waals surface area contributed by atoms with Crippen LogP contribution in [0.15, 0.2) is 29.1 Å². The van der Waals surface area contributed by atoms with Crippen LogP contribution in [-0.4, -0.2) is 17.1 Å². The van der Waals surface area contributed by atoms with Crippen molar-refractivity contribution in [2.75, 3.05) is 7.11 Å². The molecule has 2 aromatic rings. The van der Waals surface area contributed by atoms with Crippen LogP contribution < -0.4 is 5.56 Å². The quantitative estimate of drug-likeness (QED) is 0.900. The number of aromatic nitrogens is 2. The molecule has 94 valence electrons. The lowest BCUT2D eigenvalue weighted by molar-refractivity contribution is 0.181. The van der Waals surface area contributed by atoms with Gasteiger partial charge in [0.1, 0.15) is 5.82 Å². The Morgan fingerprint density at radius 3 is 2.56 bits per heavy atom. The smallest absolute Gasteiger partial charge is 0.251 e. The topological polar surface area (TPSA) is 55.0 Å². The van der Waals surface area contributed by atoms with Gasteiger partial charge in [0.05, 0.1) is 12.3 Å². The Labute approximate surface area is 106 Å². The molecule has 0 spiro atoms. The van der Waals surface area contributed by atoms with E-state index in [4.69, 9.17) is 4.74 Å². The van der Waals surface area contributed by atoms with E-state index in [1.165, 1.54) is 6.07 Å². The van der Waals surface area contributed by atoms with Crippen molar-refractivity contribution in [3.8, 4) is 11.4 Å². The Balaban J connectivity index is 2.60. The predicted molar refractivity (Wildman–Crippen MR) is 70.5 cm³/mol. The Morgan fingerprint density at radius 2 is 1.94 bits per heavy atom. The molecule has 4 heteroatoms. The van der Waals surface area contributed by atoms with Gasteiger partial charge in [-0.05, 0) is 25.0 Å². The van der Waals surface area contributed by atoms with E-state index in [0.717, 1.165) is 16.7 Å². The van der Waals surface area contributed by atoms with E-state index >= 15 is 0 Å². The maximum atomic E-state index is 11.6. The number of nitrogens with one attached hydrogen (secondary N) is 1.